The van der Waals surface area contributed by atoms with Crippen LogP contribution in [-0.4, -0.2) is 27.9 Å². The van der Waals surface area contributed by atoms with Gasteiger partial charge in [0.1, 0.15) is 11.4 Å². The molecule has 0 aliphatic heterocycles. The van der Waals surface area contributed by atoms with E-state index in [2.05, 4.69) is 5.32 Å². The van der Waals surface area contributed by atoms with Crippen LogP contribution in [0, 0.1) is 0 Å². The minimum atomic E-state index is -1.09. The van der Waals surface area contributed by atoms with Crippen molar-refractivity contribution in [2.75, 3.05) is 5.32 Å². The van der Waals surface area contributed by atoms with Crippen LogP contribution in [0.25, 0.3) is 0 Å². The van der Waals surface area contributed by atoms with Gasteiger partial charge >= 0.3 is 12.1 Å². The number of carboxylic acid groups (broad SMARTS) is 1. The molecule has 1 aromatic rings. The minimum Gasteiger partial charge on any atom is -0.508 e. The van der Waals surface area contributed by atoms with Gasteiger partial charge in [0, 0.05) is 11.3 Å². The zero-order chi connectivity index (χ0) is 17.3. The lowest BCUT2D eigenvalue weighted by molar-refractivity contribution is -0.143. The third-order valence-corrected chi connectivity index (χ3v) is 4.02. The first kappa shape index (κ1) is 17.1. The van der Waals surface area contributed by atoms with E-state index in [1.165, 1.54) is 18.2 Å². The molecule has 1 amide bonds. The fourth-order valence-corrected chi connectivity index (χ4v) is 3.00. The number of aliphatic carboxylic acids is 1. The number of carbonyl (C=O) groups excluding carboxylic acids is 1. The molecule has 23 heavy (non-hydrogen) atoms. The second-order valence-corrected chi connectivity index (χ2v) is 6.95. The van der Waals surface area contributed by atoms with E-state index in [1.807, 2.05) is 0 Å². The maximum absolute atomic E-state index is 11.8. The number of aromatic hydroxyl groups is 1. The molecular weight excluding hydrogens is 298 g/mol. The maximum Gasteiger partial charge on any atom is 0.412 e. The van der Waals surface area contributed by atoms with Crippen LogP contribution in [0.2, 0.25) is 0 Å². The average Bonchev–Trinajstić information content (AvgIpc) is 2.89. The third kappa shape index (κ3) is 3.75. The molecular formula is C17H23NO5. The molecule has 1 aliphatic carbocycles. The number of hydrogen-bond acceptors (Lipinski definition) is 4. The Hall–Kier alpha value is -2.24. The number of anilines is 1. The molecule has 126 valence electrons. The van der Waals surface area contributed by atoms with Crippen LogP contribution in [-0.2, 0) is 14.9 Å². The first-order chi connectivity index (χ1) is 10.6. The van der Waals surface area contributed by atoms with Crippen molar-refractivity contribution < 1.29 is 24.5 Å². The Labute approximate surface area is 135 Å². The van der Waals surface area contributed by atoms with Crippen LogP contribution in [0.5, 0.6) is 5.75 Å². The zero-order valence-electron chi connectivity index (χ0n) is 13.7. The lowest BCUT2D eigenvalue weighted by atomic mass is 9.78. The third-order valence-electron chi connectivity index (χ3n) is 4.02. The van der Waals surface area contributed by atoms with Crippen LogP contribution < -0.4 is 5.32 Å². The number of ether oxygens (including phenoxy) is 1. The van der Waals surface area contributed by atoms with Gasteiger partial charge in [0.15, 0.2) is 0 Å². The summed E-state index contributed by atoms with van der Waals surface area (Å²) >= 11 is 0. The van der Waals surface area contributed by atoms with Gasteiger partial charge in [0.05, 0.1) is 5.41 Å². The molecule has 0 bridgehead atoms. The fraction of sp³-hybridized carbons (Fsp3) is 0.529. The van der Waals surface area contributed by atoms with Gasteiger partial charge < -0.3 is 14.9 Å². The molecule has 1 aliphatic rings. The molecule has 0 radical (unpaired) electrons. The van der Waals surface area contributed by atoms with Crippen molar-refractivity contribution in [3.05, 3.63) is 23.8 Å². The summed E-state index contributed by atoms with van der Waals surface area (Å²) in [6.07, 6.45) is 1.94. The fourth-order valence-electron chi connectivity index (χ4n) is 3.00. The zero-order valence-corrected chi connectivity index (χ0v) is 13.7. The quantitative estimate of drug-likeness (QED) is 0.739. The van der Waals surface area contributed by atoms with E-state index < -0.39 is 23.1 Å². The van der Waals surface area contributed by atoms with E-state index in [1.54, 1.807) is 20.8 Å². The van der Waals surface area contributed by atoms with Crippen molar-refractivity contribution in [1.82, 2.24) is 0 Å². The van der Waals surface area contributed by atoms with Crippen molar-refractivity contribution in [3.63, 3.8) is 0 Å². The van der Waals surface area contributed by atoms with Crippen molar-refractivity contribution in [3.8, 4) is 5.75 Å². The predicted octanol–water partition coefficient (Wildman–Crippen LogP) is 3.64. The summed E-state index contributed by atoms with van der Waals surface area (Å²) in [6, 6.07) is 4.46. The average molecular weight is 321 g/mol. The Balaban J connectivity index is 2.29. The Bertz CT molecular complexity index is 612. The molecule has 6 nitrogen and oxygen atoms in total. The molecule has 0 heterocycles. The summed E-state index contributed by atoms with van der Waals surface area (Å²) in [5, 5.41) is 22.3. The Morgan fingerprint density at radius 1 is 1.22 bits per heavy atom. The monoisotopic (exact) mass is 321 g/mol. The van der Waals surface area contributed by atoms with Crippen molar-refractivity contribution in [2.24, 2.45) is 0 Å². The van der Waals surface area contributed by atoms with Gasteiger partial charge in [-0.25, -0.2) is 4.79 Å². The van der Waals surface area contributed by atoms with Gasteiger partial charge in [0.25, 0.3) is 0 Å². The number of amides is 1. The van der Waals surface area contributed by atoms with E-state index in [0.29, 0.717) is 24.1 Å². The van der Waals surface area contributed by atoms with Gasteiger partial charge in [-0.1, -0.05) is 12.8 Å². The topological polar surface area (TPSA) is 95.9 Å². The second-order valence-electron chi connectivity index (χ2n) is 6.95. The van der Waals surface area contributed by atoms with E-state index in [0.717, 1.165) is 12.8 Å². The van der Waals surface area contributed by atoms with E-state index in [9.17, 15) is 19.8 Å². The molecule has 1 saturated carbocycles. The van der Waals surface area contributed by atoms with E-state index in [4.69, 9.17) is 4.74 Å². The highest BCUT2D eigenvalue weighted by Crippen LogP contribution is 2.45. The highest BCUT2D eigenvalue weighted by atomic mass is 16.6. The molecule has 0 atom stereocenters. The SMILES string of the molecule is CC(C)(C)OC(=O)Nc1ccc(O)c(C2(C(=O)O)CCCC2)c1. The lowest BCUT2D eigenvalue weighted by Gasteiger charge is -2.26. The number of phenols is 1. The van der Waals surface area contributed by atoms with Crippen LogP contribution in [0.3, 0.4) is 0 Å². The van der Waals surface area contributed by atoms with Gasteiger partial charge in [-0.3, -0.25) is 10.1 Å². The van der Waals surface area contributed by atoms with Crippen molar-refractivity contribution in [2.45, 2.75) is 57.5 Å². The van der Waals surface area contributed by atoms with Crippen molar-refractivity contribution >= 4 is 17.7 Å². The molecule has 0 saturated heterocycles. The summed E-state index contributed by atoms with van der Waals surface area (Å²) < 4.78 is 5.18. The Morgan fingerprint density at radius 2 is 1.83 bits per heavy atom. The largest absolute Gasteiger partial charge is 0.508 e. The summed E-state index contributed by atoms with van der Waals surface area (Å²) in [5.74, 6) is -1.01. The van der Waals surface area contributed by atoms with Gasteiger partial charge in [0.2, 0.25) is 0 Å². The van der Waals surface area contributed by atoms with Crippen LogP contribution in [0.4, 0.5) is 10.5 Å². The van der Waals surface area contributed by atoms with E-state index >= 15 is 0 Å². The number of hydrogen-bond donors (Lipinski definition) is 3. The Kier molecular flexibility index (Phi) is 4.54. The first-order valence-electron chi connectivity index (χ1n) is 7.71. The molecule has 0 aromatic heterocycles. The predicted molar refractivity (Wildman–Crippen MR) is 85.7 cm³/mol. The summed E-state index contributed by atoms with van der Waals surface area (Å²) in [4.78, 5) is 23.6. The minimum absolute atomic E-state index is 0.0657. The van der Waals surface area contributed by atoms with Gasteiger partial charge in [-0.15, -0.1) is 0 Å². The first-order valence-corrected chi connectivity index (χ1v) is 7.71. The van der Waals surface area contributed by atoms with Crippen LogP contribution in [0.1, 0.15) is 52.0 Å². The standard InChI is InChI=1S/C17H23NO5/c1-16(2,3)23-15(22)18-11-6-7-13(19)12(10-11)17(14(20)21)8-4-5-9-17/h6-7,10,19H,4-5,8-9H2,1-3H3,(H,18,22)(H,20,21). The molecule has 2 rings (SSSR count). The molecule has 1 fully saturated rings. The number of phenolic OH excluding ortho intramolecular Hbond substituents is 1. The highest BCUT2D eigenvalue weighted by Gasteiger charge is 2.44. The second kappa shape index (κ2) is 6.10. The normalized spacial score (nSPS) is 16.8. The summed E-state index contributed by atoms with van der Waals surface area (Å²) in [7, 11) is 0. The summed E-state index contributed by atoms with van der Waals surface area (Å²) in [6.45, 7) is 5.27. The molecule has 6 heteroatoms. The molecule has 0 spiro atoms. The molecule has 3 N–H and O–H groups in total. The van der Waals surface area contributed by atoms with Crippen molar-refractivity contribution in [1.29, 1.82) is 0 Å². The maximum atomic E-state index is 11.8. The lowest BCUT2D eigenvalue weighted by Crippen LogP contribution is -2.33. The van der Waals surface area contributed by atoms with Gasteiger partial charge in [-0.2, -0.15) is 0 Å². The van der Waals surface area contributed by atoms with Crippen LogP contribution >= 0.6 is 0 Å². The number of nitrogens with one attached hydrogen (secondary N) is 1. The number of carboxylic acids is 1. The van der Waals surface area contributed by atoms with Crippen LogP contribution in [0.15, 0.2) is 18.2 Å². The van der Waals surface area contributed by atoms with Gasteiger partial charge in [-0.05, 0) is 51.8 Å². The summed E-state index contributed by atoms with van der Waals surface area (Å²) in [5.41, 5.74) is -0.969. The number of carbonyl (C=O) groups is 2. The van der Waals surface area contributed by atoms with E-state index in [-0.39, 0.29) is 5.75 Å². The molecule has 0 unspecified atom stereocenters. The number of benzene rings is 1. The molecule has 1 aromatic carbocycles. The number of rotatable bonds is 3. The Morgan fingerprint density at radius 3 is 2.35 bits per heavy atom. The smallest absolute Gasteiger partial charge is 0.412 e. The highest BCUT2D eigenvalue weighted by molar-refractivity contribution is 5.87.